The maximum atomic E-state index is 12.7. The summed E-state index contributed by atoms with van der Waals surface area (Å²) in [5.74, 6) is 0.323. The molecule has 148 valence electrons. The van der Waals surface area contributed by atoms with Gasteiger partial charge in [0.15, 0.2) is 9.84 Å². The lowest BCUT2D eigenvalue weighted by Gasteiger charge is -2.44. The Bertz CT molecular complexity index is 1050. The summed E-state index contributed by atoms with van der Waals surface area (Å²) in [6, 6.07) is 9.06. The van der Waals surface area contributed by atoms with Crippen LogP contribution in [0.4, 0.5) is 0 Å². The normalized spacial score (nSPS) is 24.1. The Hall–Kier alpha value is -2.45. The van der Waals surface area contributed by atoms with Crippen LogP contribution in [-0.4, -0.2) is 55.7 Å². The van der Waals surface area contributed by atoms with E-state index in [2.05, 4.69) is 10.2 Å². The zero-order valence-electron chi connectivity index (χ0n) is 15.7. The first-order valence-electron chi connectivity index (χ1n) is 9.38. The molecule has 3 aliphatic rings. The fraction of sp³-hybridized carbons (Fsp3) is 0.400. The van der Waals surface area contributed by atoms with Crippen molar-refractivity contribution in [3.05, 3.63) is 58.5 Å². The largest absolute Gasteiger partial charge is 0.348 e. The van der Waals surface area contributed by atoms with E-state index in [4.69, 9.17) is 0 Å². The van der Waals surface area contributed by atoms with Crippen LogP contribution in [0.25, 0.3) is 5.69 Å². The van der Waals surface area contributed by atoms with E-state index in [-0.39, 0.29) is 22.4 Å². The summed E-state index contributed by atoms with van der Waals surface area (Å²) in [5.41, 5.74) is 0.629. The fourth-order valence-electron chi connectivity index (χ4n) is 4.06. The number of nitrogens with one attached hydrogen (secondary N) is 1. The number of nitrogens with zero attached hydrogens (tertiary/aromatic N) is 2. The lowest BCUT2D eigenvalue weighted by atomic mass is 9.84. The van der Waals surface area contributed by atoms with Gasteiger partial charge in [-0.25, -0.2) is 8.42 Å². The summed E-state index contributed by atoms with van der Waals surface area (Å²) in [6.45, 7) is 3.08. The molecule has 28 heavy (non-hydrogen) atoms. The first-order chi connectivity index (χ1) is 13.3. The molecule has 1 aromatic carbocycles. The first kappa shape index (κ1) is 18.9. The van der Waals surface area contributed by atoms with Crippen LogP contribution in [0, 0.1) is 5.92 Å². The molecule has 3 fully saturated rings. The minimum absolute atomic E-state index is 0.143. The molecule has 1 atom stereocenters. The highest BCUT2D eigenvalue weighted by Crippen LogP contribution is 2.27. The molecule has 1 aromatic heterocycles. The number of carbonyl (C=O) groups is 1. The van der Waals surface area contributed by atoms with E-state index in [9.17, 15) is 18.0 Å². The third-order valence-electron chi connectivity index (χ3n) is 5.69. The minimum atomic E-state index is -3.31. The van der Waals surface area contributed by atoms with Crippen molar-refractivity contribution in [1.82, 2.24) is 14.8 Å². The lowest BCUT2D eigenvalue weighted by molar-refractivity contribution is 0.0620. The summed E-state index contributed by atoms with van der Waals surface area (Å²) < 4.78 is 24.6. The van der Waals surface area contributed by atoms with Gasteiger partial charge in [0.05, 0.1) is 10.5 Å². The van der Waals surface area contributed by atoms with Crippen molar-refractivity contribution in [1.29, 1.82) is 0 Å². The molecule has 2 aromatic rings. The molecule has 3 aliphatic heterocycles. The third kappa shape index (κ3) is 3.74. The second-order valence-corrected chi connectivity index (χ2v) is 9.63. The number of hydrogen-bond acceptors (Lipinski definition) is 5. The summed E-state index contributed by atoms with van der Waals surface area (Å²) >= 11 is 0. The van der Waals surface area contributed by atoms with Crippen molar-refractivity contribution in [2.75, 3.05) is 25.9 Å². The van der Waals surface area contributed by atoms with Crippen LogP contribution >= 0.6 is 0 Å². The average molecular weight is 401 g/mol. The highest BCUT2D eigenvalue weighted by atomic mass is 32.2. The van der Waals surface area contributed by atoms with Crippen molar-refractivity contribution >= 4 is 15.7 Å². The SMILES string of the molecule is CS(=O)(=O)c1ccc(-n2cc(C(=O)NC3CN4CCC3CC4)ccc2=O)cc1. The van der Waals surface area contributed by atoms with E-state index < -0.39 is 9.84 Å². The second-order valence-electron chi connectivity index (χ2n) is 7.61. The molecular weight excluding hydrogens is 378 g/mol. The molecular formula is C20H23N3O4S. The van der Waals surface area contributed by atoms with E-state index in [1.807, 2.05) is 0 Å². The van der Waals surface area contributed by atoms with E-state index in [0.29, 0.717) is 17.2 Å². The quantitative estimate of drug-likeness (QED) is 0.828. The van der Waals surface area contributed by atoms with E-state index >= 15 is 0 Å². The molecule has 1 unspecified atom stereocenters. The average Bonchev–Trinajstić information content (AvgIpc) is 2.68. The fourth-order valence-corrected chi connectivity index (χ4v) is 4.69. The predicted molar refractivity (Wildman–Crippen MR) is 106 cm³/mol. The highest BCUT2D eigenvalue weighted by Gasteiger charge is 2.35. The number of amides is 1. The van der Waals surface area contributed by atoms with Crippen molar-refractivity contribution in [2.45, 2.75) is 23.8 Å². The predicted octanol–water partition coefficient (Wildman–Crippen LogP) is 1.06. The zero-order chi connectivity index (χ0) is 19.9. The minimum Gasteiger partial charge on any atom is -0.348 e. The van der Waals surface area contributed by atoms with Crippen LogP contribution in [0.1, 0.15) is 23.2 Å². The standard InChI is InChI=1S/C20H23N3O4S/c1-28(26,27)17-5-3-16(4-6-17)23-12-15(2-7-19(23)24)20(25)21-18-13-22-10-8-14(18)9-11-22/h2-7,12,14,18H,8-11,13H2,1H3,(H,21,25). The number of pyridine rings is 1. The Morgan fingerprint density at radius 1 is 1.07 bits per heavy atom. The Morgan fingerprint density at radius 2 is 1.75 bits per heavy atom. The van der Waals surface area contributed by atoms with Crippen molar-refractivity contribution in [3.63, 3.8) is 0 Å². The Balaban J connectivity index is 1.57. The van der Waals surface area contributed by atoms with Gasteiger partial charge in [-0.15, -0.1) is 0 Å². The molecule has 0 aliphatic carbocycles. The Morgan fingerprint density at radius 3 is 2.32 bits per heavy atom. The first-order valence-corrected chi connectivity index (χ1v) is 11.3. The van der Waals surface area contributed by atoms with Gasteiger partial charge in [-0.3, -0.25) is 14.2 Å². The van der Waals surface area contributed by atoms with Crippen LogP contribution in [0.15, 0.2) is 52.3 Å². The van der Waals surface area contributed by atoms with E-state index in [0.717, 1.165) is 38.7 Å². The van der Waals surface area contributed by atoms with Gasteiger partial charge >= 0.3 is 0 Å². The van der Waals surface area contributed by atoms with Gasteiger partial charge < -0.3 is 10.2 Å². The van der Waals surface area contributed by atoms with Gasteiger partial charge in [0, 0.05) is 36.8 Å². The lowest BCUT2D eigenvalue weighted by Crippen LogP contribution is -2.57. The molecule has 1 N–H and O–H groups in total. The summed E-state index contributed by atoms with van der Waals surface area (Å²) in [4.78, 5) is 27.6. The smallest absolute Gasteiger partial charge is 0.255 e. The zero-order valence-corrected chi connectivity index (χ0v) is 16.5. The second kappa shape index (κ2) is 7.18. The molecule has 2 bridgehead atoms. The molecule has 8 heteroatoms. The topological polar surface area (TPSA) is 88.5 Å². The molecule has 1 amide bonds. The maximum absolute atomic E-state index is 12.7. The number of sulfone groups is 1. The molecule has 7 nitrogen and oxygen atoms in total. The number of piperidine rings is 3. The van der Waals surface area contributed by atoms with Crippen LogP contribution < -0.4 is 10.9 Å². The number of rotatable bonds is 4. The van der Waals surface area contributed by atoms with Crippen LogP contribution in [0.5, 0.6) is 0 Å². The van der Waals surface area contributed by atoms with Crippen LogP contribution in [0.2, 0.25) is 0 Å². The van der Waals surface area contributed by atoms with Crippen LogP contribution in [0.3, 0.4) is 0 Å². The Labute approximate surface area is 163 Å². The molecule has 4 heterocycles. The van der Waals surface area contributed by atoms with Gasteiger partial charge in [-0.1, -0.05) is 0 Å². The van der Waals surface area contributed by atoms with Gasteiger partial charge in [-0.05, 0) is 62.2 Å². The number of fused-ring (bicyclic) bond motifs is 3. The summed E-state index contributed by atoms with van der Waals surface area (Å²) in [6.07, 6.45) is 4.86. The number of carbonyl (C=O) groups excluding carboxylic acids is 1. The van der Waals surface area contributed by atoms with Crippen molar-refractivity contribution in [3.8, 4) is 5.69 Å². The van der Waals surface area contributed by atoms with Crippen molar-refractivity contribution in [2.24, 2.45) is 5.92 Å². The molecule has 5 rings (SSSR count). The number of benzene rings is 1. The maximum Gasteiger partial charge on any atom is 0.255 e. The van der Waals surface area contributed by atoms with Crippen molar-refractivity contribution < 1.29 is 13.2 Å². The Kier molecular flexibility index (Phi) is 4.84. The number of hydrogen-bond donors (Lipinski definition) is 1. The van der Waals surface area contributed by atoms with Crippen LogP contribution in [-0.2, 0) is 9.84 Å². The van der Waals surface area contributed by atoms with Gasteiger partial charge in [0.25, 0.3) is 11.5 Å². The highest BCUT2D eigenvalue weighted by molar-refractivity contribution is 7.90. The number of aromatic nitrogens is 1. The molecule has 3 saturated heterocycles. The monoisotopic (exact) mass is 401 g/mol. The third-order valence-corrected chi connectivity index (χ3v) is 6.82. The summed E-state index contributed by atoms with van der Waals surface area (Å²) in [5, 5.41) is 3.12. The molecule has 0 spiro atoms. The van der Waals surface area contributed by atoms with E-state index in [1.165, 1.54) is 35.0 Å². The van der Waals surface area contributed by atoms with E-state index in [1.54, 1.807) is 12.1 Å². The summed E-state index contributed by atoms with van der Waals surface area (Å²) in [7, 11) is -3.31. The molecule has 0 saturated carbocycles. The van der Waals surface area contributed by atoms with Gasteiger partial charge in [0.2, 0.25) is 0 Å². The van der Waals surface area contributed by atoms with Gasteiger partial charge in [0.1, 0.15) is 0 Å². The molecule has 0 radical (unpaired) electrons. The van der Waals surface area contributed by atoms with Gasteiger partial charge in [-0.2, -0.15) is 0 Å².